The summed E-state index contributed by atoms with van der Waals surface area (Å²) in [6.45, 7) is 26.2. The highest BCUT2D eigenvalue weighted by Crippen LogP contribution is 2.41. The summed E-state index contributed by atoms with van der Waals surface area (Å²) in [4.78, 5) is 35.1. The van der Waals surface area contributed by atoms with Crippen molar-refractivity contribution >= 4 is 46.0 Å². The highest BCUT2D eigenvalue weighted by atomic mass is 35.5. The van der Waals surface area contributed by atoms with E-state index in [0.717, 1.165) is 47.3 Å². The molecule has 1 amide bonds. The van der Waals surface area contributed by atoms with Gasteiger partial charge in [0, 0.05) is 61.5 Å². The van der Waals surface area contributed by atoms with E-state index in [-0.39, 0.29) is 61.4 Å². The van der Waals surface area contributed by atoms with E-state index in [1.807, 2.05) is 75.1 Å². The van der Waals surface area contributed by atoms with E-state index >= 15 is 0 Å². The Morgan fingerprint density at radius 2 is 0.987 bits per heavy atom. The normalized spacial score (nSPS) is 16.2. The molecule has 4 heterocycles. The molecule has 0 bridgehead atoms. The maximum Gasteiger partial charge on any atom is 0.238 e. The number of ether oxygens (including phenoxy) is 4. The van der Waals surface area contributed by atoms with E-state index in [2.05, 4.69) is 147 Å². The van der Waals surface area contributed by atoms with Crippen LogP contribution in [0.15, 0.2) is 134 Å². The van der Waals surface area contributed by atoms with Gasteiger partial charge in [0.05, 0.1) is 55.8 Å². The Morgan fingerprint density at radius 3 is 1.36 bits per heavy atom. The smallest absolute Gasteiger partial charge is 0.238 e. The predicted octanol–water partition coefficient (Wildman–Crippen LogP) is 14.1. The number of benzene rings is 4. The van der Waals surface area contributed by atoms with Gasteiger partial charge in [0.1, 0.15) is 17.5 Å². The zero-order valence-electron chi connectivity index (χ0n) is 45.4. The van der Waals surface area contributed by atoms with Crippen LogP contribution >= 0.6 is 34.8 Å². The summed E-state index contributed by atoms with van der Waals surface area (Å²) >= 11 is 15.7. The summed E-state index contributed by atoms with van der Waals surface area (Å²) in [5.41, 5.74) is 6.15. The quantitative estimate of drug-likeness (QED) is 0.0746. The fraction of sp³-hybridized carbons (Fsp3) is 0.484. The van der Waals surface area contributed by atoms with Crippen LogP contribution in [0.1, 0.15) is 119 Å². The van der Waals surface area contributed by atoms with Crippen LogP contribution in [0.4, 0.5) is 0 Å². The fourth-order valence-electron chi connectivity index (χ4n) is 9.07. The summed E-state index contributed by atoms with van der Waals surface area (Å²) in [5, 5.41) is 3.31. The Balaban J connectivity index is 0.000000300. The van der Waals surface area contributed by atoms with Gasteiger partial charge in [-0.15, -0.1) is 23.2 Å². The number of nitrogens with one attached hydrogen (secondary N) is 1. The van der Waals surface area contributed by atoms with E-state index < -0.39 is 16.8 Å². The largest absolute Gasteiger partial charge is 0.350 e. The molecule has 77 heavy (non-hydrogen) atoms. The first kappa shape index (κ1) is 64.6. The van der Waals surface area contributed by atoms with Crippen molar-refractivity contribution in [3.05, 3.63) is 156 Å². The number of imidazole rings is 2. The molecule has 2 saturated heterocycles. The first-order chi connectivity index (χ1) is 35.6. The Bertz CT molecular complexity index is 2670. The Morgan fingerprint density at radius 1 is 0.610 bits per heavy atom. The number of alkyl halides is 2. The average Bonchev–Trinajstić information content (AvgIpc) is 3.99. The van der Waals surface area contributed by atoms with Crippen molar-refractivity contribution in [3.8, 4) is 22.5 Å². The van der Waals surface area contributed by atoms with E-state index in [9.17, 15) is 9.59 Å². The summed E-state index contributed by atoms with van der Waals surface area (Å²) in [6.07, 6.45) is 4.28. The minimum absolute atomic E-state index is 0. The van der Waals surface area contributed by atoms with Crippen LogP contribution in [0.2, 0.25) is 0 Å². The highest BCUT2D eigenvalue weighted by Gasteiger charge is 2.41. The second-order valence-corrected chi connectivity index (χ2v) is 23.3. The van der Waals surface area contributed by atoms with Crippen molar-refractivity contribution in [3.63, 3.8) is 0 Å². The number of halogens is 3. The molecule has 0 saturated carbocycles. The lowest BCUT2D eigenvalue weighted by atomic mass is 9.84. The molecular formula is C62H85Cl3N6O6. The second kappa shape index (κ2) is 29.4. The first-order valence-electron chi connectivity index (χ1n) is 25.8. The molecule has 12 nitrogen and oxygen atoms in total. The Hall–Kier alpha value is -4.89. The zero-order chi connectivity index (χ0) is 54.4. The van der Waals surface area contributed by atoms with Gasteiger partial charge in [-0.25, -0.2) is 9.97 Å². The number of hydrogen-bond acceptors (Lipinski definition) is 9. The molecule has 0 radical (unpaired) electrons. The van der Waals surface area contributed by atoms with Crippen LogP contribution in [-0.4, -0.2) is 98.0 Å². The molecule has 2 fully saturated rings. The van der Waals surface area contributed by atoms with E-state index in [4.69, 9.17) is 63.7 Å². The summed E-state index contributed by atoms with van der Waals surface area (Å²) in [6, 6.07) is 41.2. The van der Waals surface area contributed by atoms with Crippen LogP contribution < -0.4 is 5.32 Å². The molecule has 2 aromatic heterocycles. The lowest BCUT2D eigenvalue weighted by molar-refractivity contribution is -0.263. The van der Waals surface area contributed by atoms with Gasteiger partial charge < -0.3 is 38.3 Å². The third-order valence-corrected chi connectivity index (χ3v) is 13.7. The van der Waals surface area contributed by atoms with Crippen molar-refractivity contribution in [2.45, 2.75) is 121 Å². The number of amides is 1. The molecule has 2 atom stereocenters. The van der Waals surface area contributed by atoms with Gasteiger partial charge in [-0.2, -0.15) is 0 Å². The molecule has 15 heteroatoms. The van der Waals surface area contributed by atoms with Crippen molar-refractivity contribution in [2.75, 3.05) is 51.3 Å². The number of rotatable bonds is 16. The minimum atomic E-state index is -0.613. The monoisotopic (exact) mass is 1110 g/mol. The Kier molecular flexibility index (Phi) is 24.6. The third kappa shape index (κ3) is 19.5. The van der Waals surface area contributed by atoms with Crippen molar-refractivity contribution in [1.82, 2.24) is 29.3 Å². The maximum absolute atomic E-state index is 13.4. The number of nitrogens with zero attached hydrogens (tertiary/aromatic N) is 5. The van der Waals surface area contributed by atoms with Gasteiger partial charge >= 0.3 is 0 Å². The third-order valence-electron chi connectivity index (χ3n) is 12.9. The van der Waals surface area contributed by atoms with Crippen molar-refractivity contribution in [1.29, 1.82) is 0 Å². The standard InChI is InChI=1S/C30H38ClN3O3.C28H37N3O2.C2H2Cl2O.2CH4/c1-29(2,3)27(34(26(35)16-31)18-23-20-36-30(4,5)37-21-23)28-32-25(24-14-10-7-11-15-24)19-33(28)17-22-12-8-6-9-13-22;1-27(2,3)25(29-16-22-19-32-28(4,5)33-20-22)26-30-24(23-14-10-7-11-15-23)18-31(26)17-21-12-8-6-9-13-21;3-1-2(4)5;;/h6-15,19,23,27H,16-18,20-21H2,1-5H3;6-15,18,22,25,29H,16-17,19-20H2,1-5H3;1H2;2*1H4/t27-;25-;;;/m00.../s1. The molecular weight excluding hydrogens is 1030 g/mol. The number of aromatic nitrogens is 4. The lowest BCUT2D eigenvalue weighted by Crippen LogP contribution is -2.49. The van der Waals surface area contributed by atoms with E-state index in [1.165, 1.54) is 11.1 Å². The molecule has 420 valence electrons. The van der Waals surface area contributed by atoms with Crippen LogP contribution in [-0.2, 0) is 41.6 Å². The SMILES string of the molecule is C.C.CC1(C)OCC(CN(C(=O)CCl)[C@@H](c2nc(-c3ccccc3)cn2Cc2ccccc2)C(C)(C)C)CO1.CC1(C)OCC(CN[C@@H](c2nc(-c3ccccc3)cn2Cc2ccccc2)C(C)(C)C)CO1.O=C(Cl)CCl. The number of hydrogen-bond donors (Lipinski definition) is 1. The summed E-state index contributed by atoms with van der Waals surface area (Å²) in [5.74, 6) is 0.828. The molecule has 4 aromatic carbocycles. The van der Waals surface area contributed by atoms with Gasteiger partial charge in [-0.1, -0.05) is 178 Å². The predicted molar refractivity (Wildman–Crippen MR) is 315 cm³/mol. The molecule has 6 aromatic rings. The molecule has 8 rings (SSSR count). The van der Waals surface area contributed by atoms with Crippen molar-refractivity contribution in [2.24, 2.45) is 22.7 Å². The topological polar surface area (TPSA) is 122 Å². The number of carbonyl (C=O) groups excluding carboxylic acids is 2. The van der Waals surface area contributed by atoms with Crippen LogP contribution in [0, 0.1) is 22.7 Å². The van der Waals surface area contributed by atoms with Gasteiger partial charge in [-0.3, -0.25) is 9.59 Å². The van der Waals surface area contributed by atoms with Crippen LogP contribution in [0.3, 0.4) is 0 Å². The minimum Gasteiger partial charge on any atom is -0.350 e. The Labute approximate surface area is 475 Å². The molecule has 0 aliphatic carbocycles. The average molecular weight is 1120 g/mol. The zero-order valence-corrected chi connectivity index (χ0v) is 47.7. The first-order valence-corrected chi connectivity index (χ1v) is 27.2. The molecule has 0 unspecified atom stereocenters. The van der Waals surface area contributed by atoms with Gasteiger partial charge in [0.25, 0.3) is 0 Å². The number of carbonyl (C=O) groups is 2. The second-order valence-electron chi connectivity index (χ2n) is 22.3. The van der Waals surface area contributed by atoms with Crippen LogP contribution in [0.5, 0.6) is 0 Å². The molecule has 1 N–H and O–H groups in total. The molecule has 0 spiro atoms. The summed E-state index contributed by atoms with van der Waals surface area (Å²) in [7, 11) is 0. The van der Waals surface area contributed by atoms with E-state index in [1.54, 1.807) is 0 Å². The maximum atomic E-state index is 13.4. The van der Waals surface area contributed by atoms with Crippen LogP contribution in [0.25, 0.3) is 22.5 Å². The van der Waals surface area contributed by atoms with E-state index in [0.29, 0.717) is 45.4 Å². The van der Waals surface area contributed by atoms with Crippen molar-refractivity contribution < 1.29 is 28.5 Å². The van der Waals surface area contributed by atoms with Gasteiger partial charge in [-0.05, 0) is 61.3 Å². The lowest BCUT2D eigenvalue weighted by Gasteiger charge is -2.43. The summed E-state index contributed by atoms with van der Waals surface area (Å²) < 4.78 is 28.1. The molecule has 2 aliphatic rings. The molecule has 2 aliphatic heterocycles. The van der Waals surface area contributed by atoms with Gasteiger partial charge in [0.15, 0.2) is 11.6 Å². The fourth-order valence-corrected chi connectivity index (χ4v) is 9.22. The van der Waals surface area contributed by atoms with Gasteiger partial charge in [0.2, 0.25) is 11.1 Å². The highest BCUT2D eigenvalue weighted by molar-refractivity contribution is 6.67.